The Morgan fingerprint density at radius 1 is 1.48 bits per heavy atom. The van der Waals surface area contributed by atoms with Crippen molar-refractivity contribution in [2.75, 3.05) is 19.3 Å². The summed E-state index contributed by atoms with van der Waals surface area (Å²) in [6, 6.07) is 4.02. The Morgan fingerprint density at radius 2 is 2.29 bits per heavy atom. The van der Waals surface area contributed by atoms with E-state index in [4.69, 9.17) is 0 Å². The Kier molecular flexibility index (Phi) is 5.78. The lowest BCUT2D eigenvalue weighted by Gasteiger charge is -2.36. The second-order valence-electron chi connectivity index (χ2n) is 5.44. The van der Waals surface area contributed by atoms with Crippen LogP contribution in [0.25, 0.3) is 0 Å². The largest absolute Gasteiger partial charge is 0.338 e. The fraction of sp³-hybridized carbons (Fsp3) is 0.643. The van der Waals surface area contributed by atoms with E-state index in [1.54, 1.807) is 11.3 Å². The van der Waals surface area contributed by atoms with Crippen LogP contribution in [0, 0.1) is 0 Å². The van der Waals surface area contributed by atoms with Gasteiger partial charge in [-0.15, -0.1) is 11.3 Å². The number of carbonyl (C=O) groups excluding carboxylic acids is 1. The number of aryl methyl sites for hydroxylation is 1. The number of amides is 1. The molecule has 1 unspecified atom stereocenters. The monoisotopic (exact) mass is 330 g/mol. The highest BCUT2D eigenvalue weighted by Gasteiger charge is 2.26. The third-order valence-electron chi connectivity index (χ3n) is 3.69. The van der Waals surface area contributed by atoms with Crippen molar-refractivity contribution < 1.29 is 13.2 Å². The summed E-state index contributed by atoms with van der Waals surface area (Å²) in [4.78, 5) is 15.5. The third-order valence-corrected chi connectivity index (χ3v) is 5.32. The third kappa shape index (κ3) is 5.41. The van der Waals surface area contributed by atoms with E-state index in [-0.39, 0.29) is 11.9 Å². The van der Waals surface area contributed by atoms with Crippen molar-refractivity contribution in [3.8, 4) is 0 Å². The van der Waals surface area contributed by atoms with Crippen LogP contribution in [0.2, 0.25) is 0 Å². The van der Waals surface area contributed by atoms with Gasteiger partial charge >= 0.3 is 0 Å². The molecule has 21 heavy (non-hydrogen) atoms. The van der Waals surface area contributed by atoms with Gasteiger partial charge in [0.15, 0.2) is 0 Å². The van der Waals surface area contributed by atoms with Gasteiger partial charge in [0.1, 0.15) is 0 Å². The van der Waals surface area contributed by atoms with Crippen molar-refractivity contribution in [3.05, 3.63) is 22.4 Å². The lowest BCUT2D eigenvalue weighted by molar-refractivity contribution is -0.134. The zero-order valence-corrected chi connectivity index (χ0v) is 13.9. The van der Waals surface area contributed by atoms with E-state index in [9.17, 15) is 13.2 Å². The van der Waals surface area contributed by atoms with Crippen molar-refractivity contribution in [2.45, 2.75) is 38.1 Å². The first-order valence-electron chi connectivity index (χ1n) is 7.22. The molecule has 1 aromatic rings. The van der Waals surface area contributed by atoms with Crippen molar-refractivity contribution >= 4 is 27.3 Å². The molecule has 0 radical (unpaired) electrons. The summed E-state index contributed by atoms with van der Waals surface area (Å²) < 4.78 is 25.0. The molecule has 0 spiro atoms. The van der Waals surface area contributed by atoms with Gasteiger partial charge in [0.25, 0.3) is 0 Å². The predicted molar refractivity (Wildman–Crippen MR) is 84.8 cm³/mol. The Balaban J connectivity index is 1.89. The first-order chi connectivity index (χ1) is 9.96. The minimum absolute atomic E-state index is 0.00990. The van der Waals surface area contributed by atoms with Crippen LogP contribution in [0.4, 0.5) is 0 Å². The molecule has 1 fully saturated rings. The molecule has 1 N–H and O–H groups in total. The number of rotatable bonds is 6. The van der Waals surface area contributed by atoms with Gasteiger partial charge in [-0.25, -0.2) is 13.1 Å². The van der Waals surface area contributed by atoms with Gasteiger partial charge in [0.2, 0.25) is 15.9 Å². The summed E-state index contributed by atoms with van der Waals surface area (Å²) in [7, 11) is -3.21. The fourth-order valence-corrected chi connectivity index (χ4v) is 3.82. The standard InChI is InChI=1S/C14H22N2O3S2/c1-21(18,19)15-11-12-5-2-3-9-16(12)14(17)8-7-13-6-4-10-20-13/h4,6,10,12,15H,2-3,5,7-9,11H2,1H3. The molecule has 1 atom stereocenters. The lowest BCUT2D eigenvalue weighted by Crippen LogP contribution is -2.49. The molecule has 7 heteroatoms. The fourth-order valence-electron chi connectivity index (χ4n) is 2.62. The SMILES string of the molecule is CS(=O)(=O)NCC1CCCCN1C(=O)CCc1cccs1. The van der Waals surface area contributed by atoms with Crippen LogP contribution in [0.5, 0.6) is 0 Å². The van der Waals surface area contributed by atoms with Crippen LogP contribution >= 0.6 is 11.3 Å². The van der Waals surface area contributed by atoms with Gasteiger partial charge in [-0.1, -0.05) is 6.07 Å². The second-order valence-corrected chi connectivity index (χ2v) is 8.30. The summed E-state index contributed by atoms with van der Waals surface area (Å²) >= 11 is 1.66. The normalized spacial score (nSPS) is 19.7. The number of sulfonamides is 1. The molecular weight excluding hydrogens is 308 g/mol. The minimum atomic E-state index is -3.21. The van der Waals surface area contributed by atoms with E-state index in [0.29, 0.717) is 13.0 Å². The molecule has 1 aromatic heterocycles. The predicted octanol–water partition coefficient (Wildman–Crippen LogP) is 1.61. The van der Waals surface area contributed by atoms with E-state index < -0.39 is 10.0 Å². The second kappa shape index (κ2) is 7.38. The molecule has 0 aromatic carbocycles. The van der Waals surface area contributed by atoms with E-state index >= 15 is 0 Å². The highest BCUT2D eigenvalue weighted by Crippen LogP contribution is 2.19. The molecule has 1 amide bonds. The maximum atomic E-state index is 12.4. The first-order valence-corrected chi connectivity index (χ1v) is 9.99. The average Bonchev–Trinajstić information content (AvgIpc) is 2.95. The maximum absolute atomic E-state index is 12.4. The van der Waals surface area contributed by atoms with Gasteiger partial charge in [0.05, 0.1) is 6.26 Å². The van der Waals surface area contributed by atoms with Crippen LogP contribution in [-0.4, -0.2) is 44.6 Å². The van der Waals surface area contributed by atoms with Crippen molar-refractivity contribution in [1.82, 2.24) is 9.62 Å². The molecule has 1 saturated heterocycles. The molecule has 118 valence electrons. The molecule has 2 heterocycles. The van der Waals surface area contributed by atoms with Crippen LogP contribution < -0.4 is 4.72 Å². The molecule has 5 nitrogen and oxygen atoms in total. The number of thiophene rings is 1. The molecule has 0 aliphatic carbocycles. The summed E-state index contributed by atoms with van der Waals surface area (Å²) in [5.41, 5.74) is 0. The Labute approximate surface area is 130 Å². The number of hydrogen-bond acceptors (Lipinski definition) is 4. The lowest BCUT2D eigenvalue weighted by atomic mass is 10.0. The highest BCUT2D eigenvalue weighted by atomic mass is 32.2. The van der Waals surface area contributed by atoms with Crippen LogP contribution in [0.3, 0.4) is 0 Å². The Hall–Kier alpha value is -0.920. The average molecular weight is 330 g/mol. The van der Waals surface area contributed by atoms with Crippen LogP contribution in [0.15, 0.2) is 17.5 Å². The number of nitrogens with zero attached hydrogens (tertiary/aromatic N) is 1. The first kappa shape index (κ1) is 16.5. The summed E-state index contributed by atoms with van der Waals surface area (Å²) in [5.74, 6) is 0.128. The summed E-state index contributed by atoms with van der Waals surface area (Å²) in [6.07, 6.45) is 5.33. The molecule has 2 rings (SSSR count). The molecule has 1 aliphatic rings. The smallest absolute Gasteiger partial charge is 0.223 e. The van der Waals surface area contributed by atoms with Gasteiger partial charge in [-0.2, -0.15) is 0 Å². The number of likely N-dealkylation sites (tertiary alicyclic amines) is 1. The molecule has 1 aliphatic heterocycles. The van der Waals surface area contributed by atoms with Crippen molar-refractivity contribution in [1.29, 1.82) is 0 Å². The van der Waals surface area contributed by atoms with E-state index in [1.807, 2.05) is 22.4 Å². The van der Waals surface area contributed by atoms with Gasteiger partial charge < -0.3 is 4.90 Å². The maximum Gasteiger partial charge on any atom is 0.223 e. The van der Waals surface area contributed by atoms with Gasteiger partial charge in [-0.05, 0) is 37.1 Å². The minimum Gasteiger partial charge on any atom is -0.338 e. The zero-order valence-electron chi connectivity index (χ0n) is 12.2. The summed E-state index contributed by atoms with van der Waals surface area (Å²) in [6.45, 7) is 1.06. The number of carbonyl (C=O) groups is 1. The number of hydrogen-bond donors (Lipinski definition) is 1. The van der Waals surface area contributed by atoms with E-state index in [2.05, 4.69) is 4.72 Å². The number of piperidine rings is 1. The zero-order chi connectivity index (χ0) is 15.3. The van der Waals surface area contributed by atoms with E-state index in [1.165, 1.54) is 4.88 Å². The highest BCUT2D eigenvalue weighted by molar-refractivity contribution is 7.88. The molecule has 0 saturated carbocycles. The van der Waals surface area contributed by atoms with Crippen LogP contribution in [0.1, 0.15) is 30.6 Å². The van der Waals surface area contributed by atoms with Gasteiger partial charge in [-0.3, -0.25) is 4.79 Å². The van der Waals surface area contributed by atoms with Gasteiger partial charge in [0, 0.05) is 30.4 Å². The topological polar surface area (TPSA) is 66.5 Å². The molecule has 0 bridgehead atoms. The van der Waals surface area contributed by atoms with Crippen LogP contribution in [-0.2, 0) is 21.2 Å². The Morgan fingerprint density at radius 3 is 2.95 bits per heavy atom. The van der Waals surface area contributed by atoms with Crippen molar-refractivity contribution in [2.24, 2.45) is 0 Å². The van der Waals surface area contributed by atoms with E-state index in [0.717, 1.165) is 38.5 Å². The molecular formula is C14H22N2O3S2. The Bertz CT molecular complexity index is 555. The summed E-state index contributed by atoms with van der Waals surface area (Å²) in [5, 5.41) is 2.01. The van der Waals surface area contributed by atoms with Crippen molar-refractivity contribution in [3.63, 3.8) is 0 Å². The quantitative estimate of drug-likeness (QED) is 0.862. The number of nitrogens with one attached hydrogen (secondary N) is 1.